The molecule has 4 heterocycles. The number of carbonyl (C=O) groups excluding carboxylic acids is 1. The van der Waals surface area contributed by atoms with E-state index in [2.05, 4.69) is 24.8 Å². The molecule has 0 unspecified atom stereocenters. The van der Waals surface area contributed by atoms with Crippen LogP contribution in [0.4, 0.5) is 5.82 Å². The number of aryl methyl sites for hydroxylation is 3. The summed E-state index contributed by atoms with van der Waals surface area (Å²) in [5, 5.41) is 2.98. The number of pyridine rings is 1. The summed E-state index contributed by atoms with van der Waals surface area (Å²) >= 11 is 0. The summed E-state index contributed by atoms with van der Waals surface area (Å²) in [6.45, 7) is 0.932. The number of amides is 1. The fraction of sp³-hybridized carbons (Fsp3) is 0.412. The molecule has 1 amide bonds. The third-order valence-corrected chi connectivity index (χ3v) is 4.53. The van der Waals surface area contributed by atoms with Gasteiger partial charge in [-0.15, -0.1) is 0 Å². The van der Waals surface area contributed by atoms with Gasteiger partial charge in [0.2, 0.25) is 5.91 Å². The van der Waals surface area contributed by atoms with Crippen LogP contribution in [0.3, 0.4) is 0 Å². The molecule has 0 bridgehead atoms. The zero-order valence-electron chi connectivity index (χ0n) is 13.7. The van der Waals surface area contributed by atoms with Crippen molar-refractivity contribution in [3.05, 3.63) is 36.2 Å². The molecular formula is C17H20N6O. The van der Waals surface area contributed by atoms with E-state index in [0.29, 0.717) is 12.8 Å². The van der Waals surface area contributed by atoms with E-state index >= 15 is 0 Å². The summed E-state index contributed by atoms with van der Waals surface area (Å²) in [5.74, 6) is 2.73. The standard InChI is InChI=1S/C17H20N6O/c1-22-14(20-12-5-4-9-18-17(12)22)7-8-16(24)21-15-11-19-13-6-2-3-10-23(13)15/h4-5,9,11H,2-3,6-8,10H2,1H3,(H,21,24). The van der Waals surface area contributed by atoms with Gasteiger partial charge in [-0.2, -0.15) is 0 Å². The van der Waals surface area contributed by atoms with Crippen molar-refractivity contribution in [1.82, 2.24) is 24.1 Å². The van der Waals surface area contributed by atoms with Crippen molar-refractivity contribution in [1.29, 1.82) is 0 Å². The van der Waals surface area contributed by atoms with Gasteiger partial charge in [-0.25, -0.2) is 15.0 Å². The maximum Gasteiger partial charge on any atom is 0.225 e. The van der Waals surface area contributed by atoms with Gasteiger partial charge in [-0.1, -0.05) is 0 Å². The summed E-state index contributed by atoms with van der Waals surface area (Å²) < 4.78 is 4.06. The third-order valence-electron chi connectivity index (χ3n) is 4.53. The van der Waals surface area contributed by atoms with E-state index in [1.807, 2.05) is 23.7 Å². The Morgan fingerprint density at radius 3 is 3.12 bits per heavy atom. The fourth-order valence-electron chi connectivity index (χ4n) is 3.24. The number of imidazole rings is 2. The van der Waals surface area contributed by atoms with Crippen LogP contribution in [0.25, 0.3) is 11.2 Å². The molecule has 124 valence electrons. The van der Waals surface area contributed by atoms with Crippen LogP contribution in [-0.2, 0) is 31.2 Å². The minimum Gasteiger partial charge on any atom is -0.316 e. The van der Waals surface area contributed by atoms with Crippen LogP contribution in [0.15, 0.2) is 24.5 Å². The van der Waals surface area contributed by atoms with E-state index in [1.54, 1.807) is 12.4 Å². The highest BCUT2D eigenvalue weighted by Crippen LogP contribution is 2.20. The fourth-order valence-corrected chi connectivity index (χ4v) is 3.24. The number of nitrogens with one attached hydrogen (secondary N) is 1. The first-order valence-corrected chi connectivity index (χ1v) is 8.33. The Kier molecular flexibility index (Phi) is 3.76. The Labute approximate surface area is 139 Å². The van der Waals surface area contributed by atoms with Crippen LogP contribution < -0.4 is 5.32 Å². The minimum absolute atomic E-state index is 0.0108. The highest BCUT2D eigenvalue weighted by Gasteiger charge is 2.16. The van der Waals surface area contributed by atoms with Gasteiger partial charge in [0.25, 0.3) is 0 Å². The van der Waals surface area contributed by atoms with Crippen molar-refractivity contribution in [2.75, 3.05) is 5.32 Å². The molecule has 0 radical (unpaired) electrons. The van der Waals surface area contributed by atoms with E-state index < -0.39 is 0 Å². The maximum atomic E-state index is 12.3. The smallest absolute Gasteiger partial charge is 0.225 e. The number of fused-ring (bicyclic) bond motifs is 2. The second-order valence-corrected chi connectivity index (χ2v) is 6.15. The summed E-state index contributed by atoms with van der Waals surface area (Å²) in [4.78, 5) is 25.6. The molecule has 1 aliphatic heterocycles. The lowest BCUT2D eigenvalue weighted by atomic mass is 10.2. The second kappa shape index (κ2) is 6.07. The minimum atomic E-state index is -0.0108. The largest absolute Gasteiger partial charge is 0.316 e. The summed E-state index contributed by atoms with van der Waals surface area (Å²) in [5.41, 5.74) is 1.71. The molecule has 0 saturated heterocycles. The first-order valence-electron chi connectivity index (χ1n) is 8.33. The lowest BCUT2D eigenvalue weighted by Gasteiger charge is -2.16. The number of carbonyl (C=O) groups is 1. The quantitative estimate of drug-likeness (QED) is 0.797. The summed E-state index contributed by atoms with van der Waals surface area (Å²) in [7, 11) is 1.93. The molecule has 1 aliphatic rings. The molecule has 24 heavy (non-hydrogen) atoms. The molecule has 4 rings (SSSR count). The predicted octanol–water partition coefficient (Wildman–Crippen LogP) is 2.07. The summed E-state index contributed by atoms with van der Waals surface area (Å²) in [6.07, 6.45) is 7.78. The average Bonchev–Trinajstić information content (AvgIpc) is 3.15. The lowest BCUT2D eigenvalue weighted by molar-refractivity contribution is -0.116. The molecule has 3 aromatic heterocycles. The number of nitrogens with zero attached hydrogens (tertiary/aromatic N) is 5. The topological polar surface area (TPSA) is 77.6 Å². The van der Waals surface area contributed by atoms with Gasteiger partial charge < -0.3 is 14.5 Å². The van der Waals surface area contributed by atoms with Crippen molar-refractivity contribution in [3.8, 4) is 0 Å². The summed E-state index contributed by atoms with van der Waals surface area (Å²) in [6, 6.07) is 3.80. The van der Waals surface area contributed by atoms with Crippen LogP contribution in [0.1, 0.15) is 30.9 Å². The van der Waals surface area contributed by atoms with Crippen LogP contribution in [0.5, 0.6) is 0 Å². The van der Waals surface area contributed by atoms with E-state index in [-0.39, 0.29) is 5.91 Å². The molecule has 1 N–H and O–H groups in total. The van der Waals surface area contributed by atoms with E-state index in [4.69, 9.17) is 0 Å². The monoisotopic (exact) mass is 324 g/mol. The highest BCUT2D eigenvalue weighted by atomic mass is 16.1. The van der Waals surface area contributed by atoms with Gasteiger partial charge in [-0.3, -0.25) is 4.79 Å². The van der Waals surface area contributed by atoms with Crippen LogP contribution >= 0.6 is 0 Å². The van der Waals surface area contributed by atoms with Crippen molar-refractivity contribution >= 4 is 22.9 Å². The normalized spacial score (nSPS) is 13.9. The van der Waals surface area contributed by atoms with E-state index in [1.165, 1.54) is 6.42 Å². The highest BCUT2D eigenvalue weighted by molar-refractivity contribution is 5.90. The molecule has 7 heteroatoms. The van der Waals surface area contributed by atoms with Gasteiger partial charge in [0, 0.05) is 39.1 Å². The molecule has 0 aliphatic carbocycles. The predicted molar refractivity (Wildman–Crippen MR) is 90.6 cm³/mol. The van der Waals surface area contributed by atoms with E-state index in [9.17, 15) is 4.79 Å². The Bertz CT molecular complexity index is 894. The Balaban J connectivity index is 1.43. The van der Waals surface area contributed by atoms with Gasteiger partial charge in [0.1, 0.15) is 23.0 Å². The van der Waals surface area contributed by atoms with Crippen molar-refractivity contribution in [2.24, 2.45) is 7.05 Å². The first-order chi connectivity index (χ1) is 11.7. The van der Waals surface area contributed by atoms with Crippen LogP contribution in [0.2, 0.25) is 0 Å². The third kappa shape index (κ3) is 2.66. The van der Waals surface area contributed by atoms with Crippen LogP contribution in [0, 0.1) is 0 Å². The maximum absolute atomic E-state index is 12.3. The number of hydrogen-bond acceptors (Lipinski definition) is 4. The van der Waals surface area contributed by atoms with Gasteiger partial charge >= 0.3 is 0 Å². The van der Waals surface area contributed by atoms with Crippen molar-refractivity contribution in [3.63, 3.8) is 0 Å². The first kappa shape index (κ1) is 14.9. The van der Waals surface area contributed by atoms with E-state index in [0.717, 1.165) is 48.0 Å². The van der Waals surface area contributed by atoms with Crippen molar-refractivity contribution in [2.45, 2.75) is 38.6 Å². The zero-order valence-corrected chi connectivity index (χ0v) is 13.7. The van der Waals surface area contributed by atoms with Crippen LogP contribution in [-0.4, -0.2) is 30.0 Å². The number of hydrogen-bond donors (Lipinski definition) is 1. The molecule has 7 nitrogen and oxygen atoms in total. The Morgan fingerprint density at radius 2 is 2.25 bits per heavy atom. The molecular weight excluding hydrogens is 304 g/mol. The molecule has 0 atom stereocenters. The molecule has 0 spiro atoms. The van der Waals surface area contributed by atoms with Gasteiger partial charge in [0.05, 0.1) is 6.20 Å². The molecule has 3 aromatic rings. The van der Waals surface area contributed by atoms with Gasteiger partial charge in [0.15, 0.2) is 5.65 Å². The average molecular weight is 324 g/mol. The van der Waals surface area contributed by atoms with Crippen molar-refractivity contribution < 1.29 is 4.79 Å². The molecule has 0 fully saturated rings. The lowest BCUT2D eigenvalue weighted by Crippen LogP contribution is -2.18. The SMILES string of the molecule is Cn1c(CCC(=O)Nc2cnc3n2CCCC3)nc2cccnc21. The van der Waals surface area contributed by atoms with Gasteiger partial charge in [-0.05, 0) is 25.0 Å². The Morgan fingerprint density at radius 1 is 1.33 bits per heavy atom. The number of rotatable bonds is 4. The zero-order chi connectivity index (χ0) is 16.5. The number of aromatic nitrogens is 5. The second-order valence-electron chi connectivity index (χ2n) is 6.15. The Hall–Kier alpha value is -2.70. The molecule has 0 saturated carbocycles. The molecule has 0 aromatic carbocycles. The number of anilines is 1.